The fraction of sp³-hybridized carbons (Fsp3) is 0.200. The molecular formula is C10H15N3O3. The summed E-state index contributed by atoms with van der Waals surface area (Å²) in [6, 6.07) is 7.83. The van der Waals surface area contributed by atoms with Crippen LogP contribution >= 0.6 is 0 Å². The summed E-state index contributed by atoms with van der Waals surface area (Å²) in [5.74, 6) is 0.0965. The van der Waals surface area contributed by atoms with Gasteiger partial charge in [0.05, 0.1) is 5.69 Å². The number of nitrogens with two attached hydrogens (primary N) is 2. The minimum atomic E-state index is -1.83. The Kier molecular flexibility index (Phi) is 6.11. The lowest BCUT2D eigenvalue weighted by atomic mass is 10.2. The number of guanidine groups is 1. The van der Waals surface area contributed by atoms with Crippen molar-refractivity contribution < 1.29 is 15.0 Å². The number of nitrogens with zero attached hydrogens (tertiary/aromatic N) is 1. The molecule has 6 nitrogen and oxygen atoms in total. The maximum atomic E-state index is 8.56. The lowest BCUT2D eigenvalue weighted by Crippen LogP contribution is -2.21. The second-order valence-corrected chi connectivity index (χ2v) is 2.84. The number of benzene rings is 1. The van der Waals surface area contributed by atoms with Crippen LogP contribution in [-0.4, -0.2) is 22.3 Å². The number of carboxylic acid groups (broad SMARTS) is 2. The summed E-state index contributed by atoms with van der Waals surface area (Å²) in [5, 5.41) is 13.9. The Balaban J connectivity index is 0.000000487. The molecule has 1 aromatic carbocycles. The highest BCUT2D eigenvalue weighted by Crippen LogP contribution is 2.12. The Morgan fingerprint density at radius 2 is 1.69 bits per heavy atom. The standard InChI is InChI=1S/C9H13N3.CH2O3/c1-2-7-3-5-8(6-4-7)12-9(10)11;2-1(3)4/h3-6H,2H2,1H3,(H4,10,11,12);(H2,2,3,4). The van der Waals surface area contributed by atoms with E-state index in [0.717, 1.165) is 12.1 Å². The van der Waals surface area contributed by atoms with Crippen LogP contribution in [0.5, 0.6) is 0 Å². The van der Waals surface area contributed by atoms with E-state index in [1.807, 2.05) is 24.3 Å². The summed E-state index contributed by atoms with van der Waals surface area (Å²) in [6.45, 7) is 2.11. The molecule has 0 atom stereocenters. The molecule has 1 rings (SSSR count). The van der Waals surface area contributed by atoms with Crippen LogP contribution in [0.3, 0.4) is 0 Å². The second kappa shape index (κ2) is 7.10. The molecule has 0 heterocycles. The SMILES string of the molecule is CCc1ccc(N=C(N)N)cc1.O=C(O)O. The summed E-state index contributed by atoms with van der Waals surface area (Å²) in [5.41, 5.74) is 12.5. The molecule has 0 fully saturated rings. The second-order valence-electron chi connectivity index (χ2n) is 2.84. The molecule has 6 N–H and O–H groups in total. The average molecular weight is 225 g/mol. The van der Waals surface area contributed by atoms with E-state index in [1.54, 1.807) is 0 Å². The van der Waals surface area contributed by atoms with Crippen LogP contribution in [0.2, 0.25) is 0 Å². The number of rotatable bonds is 2. The van der Waals surface area contributed by atoms with Gasteiger partial charge in [0, 0.05) is 0 Å². The number of aliphatic imine (C=N–C) groups is 1. The molecule has 0 aromatic heterocycles. The van der Waals surface area contributed by atoms with E-state index in [4.69, 9.17) is 26.5 Å². The first kappa shape index (κ1) is 13.8. The van der Waals surface area contributed by atoms with E-state index in [0.29, 0.717) is 0 Å². The molecule has 0 amide bonds. The third-order valence-electron chi connectivity index (χ3n) is 1.60. The normalized spacial score (nSPS) is 8.56. The Labute approximate surface area is 93.2 Å². The van der Waals surface area contributed by atoms with Gasteiger partial charge in [-0.1, -0.05) is 19.1 Å². The quantitative estimate of drug-likeness (QED) is 0.447. The van der Waals surface area contributed by atoms with Gasteiger partial charge in [-0.25, -0.2) is 9.79 Å². The molecule has 16 heavy (non-hydrogen) atoms. The van der Waals surface area contributed by atoms with Gasteiger partial charge in [0.25, 0.3) is 0 Å². The van der Waals surface area contributed by atoms with Gasteiger partial charge < -0.3 is 21.7 Å². The van der Waals surface area contributed by atoms with E-state index in [2.05, 4.69) is 11.9 Å². The maximum Gasteiger partial charge on any atom is 0.503 e. The smallest absolute Gasteiger partial charge is 0.450 e. The number of aryl methyl sites for hydroxylation is 1. The first-order valence-electron chi connectivity index (χ1n) is 4.56. The average Bonchev–Trinajstić information content (AvgIpc) is 2.17. The Bertz CT molecular complexity index is 352. The molecule has 0 aliphatic rings. The van der Waals surface area contributed by atoms with E-state index >= 15 is 0 Å². The predicted octanol–water partition coefficient (Wildman–Crippen LogP) is 1.38. The van der Waals surface area contributed by atoms with Crippen LogP contribution in [0.4, 0.5) is 10.5 Å². The molecule has 0 saturated carbocycles. The minimum Gasteiger partial charge on any atom is -0.450 e. The monoisotopic (exact) mass is 225 g/mol. The van der Waals surface area contributed by atoms with Gasteiger partial charge in [0.1, 0.15) is 0 Å². The number of hydrogen-bond acceptors (Lipinski definition) is 2. The van der Waals surface area contributed by atoms with Gasteiger partial charge in [-0.05, 0) is 24.1 Å². The Morgan fingerprint density at radius 3 is 2.00 bits per heavy atom. The lowest BCUT2D eigenvalue weighted by Gasteiger charge is -1.97. The van der Waals surface area contributed by atoms with Crippen molar-refractivity contribution in [2.75, 3.05) is 0 Å². The van der Waals surface area contributed by atoms with E-state index in [-0.39, 0.29) is 5.96 Å². The van der Waals surface area contributed by atoms with Crippen molar-refractivity contribution in [1.82, 2.24) is 0 Å². The van der Waals surface area contributed by atoms with Crippen molar-refractivity contribution in [2.45, 2.75) is 13.3 Å². The first-order valence-corrected chi connectivity index (χ1v) is 4.56. The van der Waals surface area contributed by atoms with E-state index < -0.39 is 6.16 Å². The van der Waals surface area contributed by atoms with Crippen molar-refractivity contribution in [3.63, 3.8) is 0 Å². The van der Waals surface area contributed by atoms with Crippen LogP contribution in [0.25, 0.3) is 0 Å². The molecule has 88 valence electrons. The minimum absolute atomic E-state index is 0.0965. The molecule has 0 spiro atoms. The molecular weight excluding hydrogens is 210 g/mol. The fourth-order valence-electron chi connectivity index (χ4n) is 0.955. The van der Waals surface area contributed by atoms with Crippen molar-refractivity contribution in [3.8, 4) is 0 Å². The van der Waals surface area contributed by atoms with E-state index in [9.17, 15) is 0 Å². The number of hydrogen-bond donors (Lipinski definition) is 4. The molecule has 0 unspecified atom stereocenters. The van der Waals surface area contributed by atoms with Crippen molar-refractivity contribution >= 4 is 17.8 Å². The highest BCUT2D eigenvalue weighted by atomic mass is 16.6. The molecule has 0 aliphatic heterocycles. The molecule has 1 aromatic rings. The van der Waals surface area contributed by atoms with Crippen LogP contribution in [-0.2, 0) is 6.42 Å². The van der Waals surface area contributed by atoms with Gasteiger partial charge in [-0.2, -0.15) is 0 Å². The van der Waals surface area contributed by atoms with Crippen molar-refractivity contribution in [3.05, 3.63) is 29.8 Å². The van der Waals surface area contributed by atoms with E-state index in [1.165, 1.54) is 5.56 Å². The third-order valence-corrected chi connectivity index (χ3v) is 1.60. The molecule has 0 radical (unpaired) electrons. The van der Waals surface area contributed by atoms with Gasteiger partial charge in [0.15, 0.2) is 5.96 Å². The molecule has 6 heteroatoms. The Hall–Kier alpha value is -2.24. The van der Waals surface area contributed by atoms with Crippen LogP contribution < -0.4 is 11.5 Å². The topological polar surface area (TPSA) is 122 Å². The zero-order valence-electron chi connectivity index (χ0n) is 8.92. The maximum absolute atomic E-state index is 8.56. The van der Waals surface area contributed by atoms with Gasteiger partial charge in [-0.15, -0.1) is 0 Å². The summed E-state index contributed by atoms with van der Waals surface area (Å²) in [6.07, 6.45) is -0.803. The Morgan fingerprint density at radius 1 is 1.25 bits per heavy atom. The van der Waals surface area contributed by atoms with Crippen LogP contribution in [0.15, 0.2) is 29.3 Å². The highest BCUT2D eigenvalue weighted by Gasteiger charge is 1.90. The molecule has 0 bridgehead atoms. The predicted molar refractivity (Wildman–Crippen MR) is 61.9 cm³/mol. The summed E-state index contributed by atoms with van der Waals surface area (Å²) >= 11 is 0. The zero-order valence-corrected chi connectivity index (χ0v) is 8.92. The van der Waals surface area contributed by atoms with Crippen LogP contribution in [0, 0.1) is 0 Å². The van der Waals surface area contributed by atoms with Gasteiger partial charge in [0.2, 0.25) is 0 Å². The zero-order chi connectivity index (χ0) is 12.6. The first-order chi connectivity index (χ1) is 7.45. The molecule has 0 saturated heterocycles. The van der Waals surface area contributed by atoms with Crippen molar-refractivity contribution in [1.29, 1.82) is 0 Å². The lowest BCUT2D eigenvalue weighted by molar-refractivity contribution is 0.137. The largest absolute Gasteiger partial charge is 0.503 e. The number of carbonyl (C=O) groups is 1. The summed E-state index contributed by atoms with van der Waals surface area (Å²) in [4.78, 5) is 12.5. The molecule has 0 aliphatic carbocycles. The van der Waals surface area contributed by atoms with Gasteiger partial charge >= 0.3 is 6.16 Å². The summed E-state index contributed by atoms with van der Waals surface area (Å²) < 4.78 is 0. The van der Waals surface area contributed by atoms with Crippen LogP contribution in [0.1, 0.15) is 12.5 Å². The summed E-state index contributed by atoms with van der Waals surface area (Å²) in [7, 11) is 0. The third kappa shape index (κ3) is 7.19. The fourth-order valence-corrected chi connectivity index (χ4v) is 0.955. The van der Waals surface area contributed by atoms with Gasteiger partial charge in [-0.3, -0.25) is 0 Å². The van der Waals surface area contributed by atoms with Crippen molar-refractivity contribution in [2.24, 2.45) is 16.5 Å². The highest BCUT2D eigenvalue weighted by molar-refractivity contribution is 5.78.